The molecular formula is C29H21F7N6O4S. The molecule has 1 N–H and O–H groups in total. The van der Waals surface area contributed by atoms with Crippen molar-refractivity contribution in [2.75, 3.05) is 22.6 Å². The molecule has 0 unspecified atom stereocenters. The van der Waals surface area contributed by atoms with E-state index in [0.29, 0.717) is 11.1 Å². The fourth-order valence-electron chi connectivity index (χ4n) is 4.19. The third-order valence-corrected chi connectivity index (χ3v) is 7.18. The van der Waals surface area contributed by atoms with Crippen molar-refractivity contribution < 1.29 is 49.8 Å². The minimum atomic E-state index is -4.84. The van der Waals surface area contributed by atoms with Gasteiger partial charge in [0.15, 0.2) is 11.0 Å². The van der Waals surface area contributed by atoms with E-state index < -0.39 is 49.1 Å². The summed E-state index contributed by atoms with van der Waals surface area (Å²) in [7, 11) is 0. The number of rotatable bonds is 8. The zero-order valence-electron chi connectivity index (χ0n) is 23.9. The predicted octanol–water partition coefficient (Wildman–Crippen LogP) is 7.28. The maximum Gasteiger partial charge on any atom is 0.573 e. The number of anilines is 2. The number of nitrogens with zero attached hydrogens (tertiary/aromatic N) is 5. The molecule has 1 saturated heterocycles. The Hall–Kier alpha value is -5.13. The number of hydrogen-bond donors (Lipinski definition) is 1. The standard InChI is InChI=1S/C29H21F7N6O4S/c1-16-2-9-23(45-11-10-28(31,32)33)22(12-16)42-24(43)14-47-27(42)39-26(44)38-21-8-5-18(13-20(21)30)41-15-37-25(40-41)17-3-6-19(7-4-17)46-29(34,35)36/h2-9,12-13,15H,10-11,14H2,1H3,(H,38,44). The van der Waals surface area contributed by atoms with Crippen molar-refractivity contribution in [1.29, 1.82) is 0 Å². The highest BCUT2D eigenvalue weighted by atomic mass is 32.2. The van der Waals surface area contributed by atoms with Crippen molar-refractivity contribution in [2.24, 2.45) is 4.99 Å². The number of thioether (sulfide) groups is 1. The van der Waals surface area contributed by atoms with Crippen LogP contribution in [0.15, 0.2) is 72.0 Å². The third kappa shape index (κ3) is 8.57. The lowest BCUT2D eigenvalue weighted by molar-refractivity contribution is -0.274. The van der Waals surface area contributed by atoms with Crippen molar-refractivity contribution in [2.45, 2.75) is 25.9 Å². The molecule has 5 rings (SSSR count). The highest BCUT2D eigenvalue weighted by Crippen LogP contribution is 2.36. The molecule has 47 heavy (non-hydrogen) atoms. The van der Waals surface area contributed by atoms with Crippen LogP contribution >= 0.6 is 11.8 Å². The Kier molecular flexibility index (Phi) is 9.41. The highest BCUT2D eigenvalue weighted by Gasteiger charge is 2.34. The molecule has 2 heterocycles. The van der Waals surface area contributed by atoms with E-state index in [1.807, 2.05) is 0 Å². The SMILES string of the molecule is Cc1ccc(OCCC(F)(F)F)c(N2C(=O)CSC2=NC(=O)Nc2ccc(-n3cnc(-c4ccc(OC(F)(F)F)cc4)n3)cc2F)c1. The molecule has 10 nitrogen and oxygen atoms in total. The summed E-state index contributed by atoms with van der Waals surface area (Å²) < 4.78 is 101. The van der Waals surface area contributed by atoms with E-state index in [0.717, 1.165) is 34.9 Å². The maximum absolute atomic E-state index is 15.0. The number of carbonyl (C=O) groups is 2. The van der Waals surface area contributed by atoms with Gasteiger partial charge in [-0.25, -0.2) is 18.9 Å². The van der Waals surface area contributed by atoms with E-state index in [-0.39, 0.29) is 39.6 Å². The van der Waals surface area contributed by atoms with E-state index in [1.54, 1.807) is 13.0 Å². The van der Waals surface area contributed by atoms with Gasteiger partial charge in [0.2, 0.25) is 5.91 Å². The van der Waals surface area contributed by atoms with Gasteiger partial charge in [-0.1, -0.05) is 17.8 Å². The average Bonchev–Trinajstić information content (AvgIpc) is 3.61. The lowest BCUT2D eigenvalue weighted by atomic mass is 10.2. The van der Waals surface area contributed by atoms with Gasteiger partial charge in [-0.05, 0) is 61.0 Å². The van der Waals surface area contributed by atoms with Gasteiger partial charge < -0.3 is 14.8 Å². The summed E-state index contributed by atoms with van der Waals surface area (Å²) in [5.41, 5.74) is 1.05. The van der Waals surface area contributed by atoms with E-state index in [9.17, 15) is 35.9 Å². The number of amides is 3. The van der Waals surface area contributed by atoms with Crippen molar-refractivity contribution in [3.05, 3.63) is 78.4 Å². The van der Waals surface area contributed by atoms with Gasteiger partial charge in [0.1, 0.15) is 23.6 Å². The second kappa shape index (κ2) is 13.3. The van der Waals surface area contributed by atoms with Crippen LogP contribution in [0.4, 0.5) is 46.9 Å². The molecule has 4 aromatic rings. The van der Waals surface area contributed by atoms with Gasteiger partial charge in [0.25, 0.3) is 0 Å². The zero-order chi connectivity index (χ0) is 33.9. The van der Waals surface area contributed by atoms with E-state index >= 15 is 4.39 Å². The van der Waals surface area contributed by atoms with Crippen LogP contribution in [0.2, 0.25) is 0 Å². The number of alkyl halides is 6. The molecule has 1 fully saturated rings. The molecule has 1 aliphatic heterocycles. The van der Waals surface area contributed by atoms with Gasteiger partial charge >= 0.3 is 18.6 Å². The summed E-state index contributed by atoms with van der Waals surface area (Å²) in [4.78, 5) is 34.6. The van der Waals surface area contributed by atoms with Crippen molar-refractivity contribution in [1.82, 2.24) is 14.8 Å². The number of hydrogen-bond acceptors (Lipinski definition) is 7. The minimum Gasteiger partial charge on any atom is -0.491 e. The van der Waals surface area contributed by atoms with Crippen LogP contribution in [-0.4, -0.2) is 56.8 Å². The highest BCUT2D eigenvalue weighted by molar-refractivity contribution is 8.15. The first-order valence-electron chi connectivity index (χ1n) is 13.4. The Morgan fingerprint density at radius 1 is 1.04 bits per heavy atom. The lowest BCUT2D eigenvalue weighted by Gasteiger charge is -2.20. The van der Waals surface area contributed by atoms with E-state index in [4.69, 9.17) is 4.74 Å². The lowest BCUT2D eigenvalue weighted by Crippen LogP contribution is -2.31. The van der Waals surface area contributed by atoms with Crippen LogP contribution in [0, 0.1) is 12.7 Å². The summed E-state index contributed by atoms with van der Waals surface area (Å²) in [6.07, 6.45) is -9.25. The molecule has 3 amide bonds. The molecule has 0 saturated carbocycles. The van der Waals surface area contributed by atoms with Gasteiger partial charge in [-0.15, -0.1) is 18.3 Å². The Morgan fingerprint density at radius 3 is 2.47 bits per heavy atom. The zero-order valence-corrected chi connectivity index (χ0v) is 24.7. The number of amidine groups is 1. The second-order valence-electron chi connectivity index (χ2n) is 9.78. The number of urea groups is 1. The Morgan fingerprint density at radius 2 is 1.79 bits per heavy atom. The van der Waals surface area contributed by atoms with Gasteiger partial charge in [-0.2, -0.15) is 18.2 Å². The molecule has 0 bridgehead atoms. The first-order valence-corrected chi connectivity index (χ1v) is 14.4. The largest absolute Gasteiger partial charge is 0.573 e. The molecule has 1 aliphatic rings. The number of aliphatic imine (C=N–C) groups is 1. The number of aryl methyl sites for hydroxylation is 1. The van der Waals surface area contributed by atoms with Crippen molar-refractivity contribution in [3.8, 4) is 28.6 Å². The fourth-order valence-corrected chi connectivity index (χ4v) is 5.04. The summed E-state index contributed by atoms with van der Waals surface area (Å²) in [6, 6.07) is 12.0. The molecule has 246 valence electrons. The first-order chi connectivity index (χ1) is 22.1. The Labute approximate surface area is 265 Å². The van der Waals surface area contributed by atoms with Crippen LogP contribution in [0.3, 0.4) is 0 Å². The minimum absolute atomic E-state index is 0.0193. The quantitative estimate of drug-likeness (QED) is 0.195. The number of halogens is 7. The Bertz CT molecular complexity index is 1830. The van der Waals surface area contributed by atoms with E-state index in [1.165, 1.54) is 47.4 Å². The molecule has 0 atom stereocenters. The van der Waals surface area contributed by atoms with Crippen LogP contribution in [0.25, 0.3) is 17.1 Å². The molecule has 0 radical (unpaired) electrons. The summed E-state index contributed by atoms with van der Waals surface area (Å²) in [5, 5.41) is 6.40. The third-order valence-electron chi connectivity index (χ3n) is 6.26. The van der Waals surface area contributed by atoms with Crippen molar-refractivity contribution in [3.63, 3.8) is 0 Å². The second-order valence-corrected chi connectivity index (χ2v) is 10.7. The predicted molar refractivity (Wildman–Crippen MR) is 157 cm³/mol. The van der Waals surface area contributed by atoms with Crippen LogP contribution in [0.1, 0.15) is 12.0 Å². The topological polar surface area (TPSA) is 111 Å². The molecular weight excluding hydrogens is 661 g/mol. The maximum atomic E-state index is 15.0. The van der Waals surface area contributed by atoms with Crippen molar-refractivity contribution >= 4 is 40.2 Å². The van der Waals surface area contributed by atoms with Crippen LogP contribution in [-0.2, 0) is 4.79 Å². The monoisotopic (exact) mass is 682 g/mol. The van der Waals surface area contributed by atoms with Gasteiger partial charge in [-0.3, -0.25) is 9.69 Å². The number of benzene rings is 3. The molecule has 3 aromatic carbocycles. The summed E-state index contributed by atoms with van der Waals surface area (Å²) >= 11 is 0.903. The smallest absolute Gasteiger partial charge is 0.491 e. The van der Waals surface area contributed by atoms with Crippen LogP contribution in [0.5, 0.6) is 11.5 Å². The number of nitrogens with one attached hydrogen (secondary N) is 1. The van der Waals surface area contributed by atoms with E-state index in [2.05, 4.69) is 25.1 Å². The molecule has 0 spiro atoms. The molecule has 0 aliphatic carbocycles. The molecule has 1 aromatic heterocycles. The van der Waals surface area contributed by atoms with Crippen LogP contribution < -0.4 is 19.7 Å². The summed E-state index contributed by atoms with van der Waals surface area (Å²) in [6.45, 7) is 1.00. The number of carbonyl (C=O) groups excluding carboxylic acids is 2. The van der Waals surface area contributed by atoms with Gasteiger partial charge in [0.05, 0.1) is 35.8 Å². The molecule has 18 heteroatoms. The Balaban J connectivity index is 1.29. The average molecular weight is 683 g/mol. The fraction of sp³-hybridized carbons (Fsp3) is 0.207. The summed E-state index contributed by atoms with van der Waals surface area (Å²) in [5.74, 6) is -1.81. The first kappa shape index (κ1) is 33.2. The number of aromatic nitrogens is 3. The normalized spacial score (nSPS) is 14.5. The number of ether oxygens (including phenoxy) is 2. The van der Waals surface area contributed by atoms with Gasteiger partial charge in [0, 0.05) is 11.6 Å².